The van der Waals surface area contributed by atoms with E-state index in [1.165, 1.54) is 6.08 Å². The topological polar surface area (TPSA) is 78.6 Å². The summed E-state index contributed by atoms with van der Waals surface area (Å²) in [5.74, 6) is -0.186. The van der Waals surface area contributed by atoms with E-state index in [4.69, 9.17) is 15.2 Å². The summed E-state index contributed by atoms with van der Waals surface area (Å²) in [7, 11) is 0. The van der Waals surface area contributed by atoms with Crippen molar-refractivity contribution in [3.8, 4) is 5.75 Å². The van der Waals surface area contributed by atoms with Gasteiger partial charge in [0, 0.05) is 11.6 Å². The summed E-state index contributed by atoms with van der Waals surface area (Å²) in [6.07, 6.45) is 3.05. The quantitative estimate of drug-likeness (QED) is 0.466. The Morgan fingerprint density at radius 1 is 0.793 bits per heavy atom. The molecule has 2 N–H and O–H groups in total. The summed E-state index contributed by atoms with van der Waals surface area (Å²) in [5, 5.41) is 0. The minimum absolute atomic E-state index is 0.120. The van der Waals surface area contributed by atoms with Crippen molar-refractivity contribution in [2.24, 2.45) is 5.73 Å². The fourth-order valence-electron chi connectivity index (χ4n) is 2.55. The number of rotatable bonds is 8. The van der Waals surface area contributed by atoms with Crippen LogP contribution in [0, 0.1) is 0 Å². The maximum absolute atomic E-state index is 11.9. The summed E-state index contributed by atoms with van der Waals surface area (Å²) >= 11 is 0. The van der Waals surface area contributed by atoms with Gasteiger partial charge >= 0.3 is 5.97 Å². The molecule has 0 aliphatic rings. The zero-order chi connectivity index (χ0) is 20.5. The molecular formula is C24H21NO4. The number of carbonyl (C=O) groups is 2. The van der Waals surface area contributed by atoms with E-state index in [-0.39, 0.29) is 6.61 Å². The Labute approximate surface area is 169 Å². The van der Waals surface area contributed by atoms with Crippen LogP contribution in [0.4, 0.5) is 0 Å². The van der Waals surface area contributed by atoms with E-state index in [0.717, 1.165) is 22.4 Å². The summed E-state index contributed by atoms with van der Waals surface area (Å²) in [4.78, 5) is 22.9. The van der Waals surface area contributed by atoms with Crippen LogP contribution in [0.1, 0.15) is 27.0 Å². The van der Waals surface area contributed by atoms with Crippen molar-refractivity contribution in [2.75, 3.05) is 0 Å². The molecule has 0 aliphatic heterocycles. The molecule has 0 aliphatic carbocycles. The molecule has 3 aromatic rings. The smallest absolute Gasteiger partial charge is 0.331 e. The van der Waals surface area contributed by atoms with Crippen LogP contribution in [0.3, 0.4) is 0 Å². The highest BCUT2D eigenvalue weighted by molar-refractivity contribution is 5.92. The number of ether oxygens (including phenoxy) is 2. The summed E-state index contributed by atoms with van der Waals surface area (Å²) in [5.41, 5.74) is 8.34. The maximum Gasteiger partial charge on any atom is 0.331 e. The van der Waals surface area contributed by atoms with E-state index in [9.17, 15) is 9.59 Å². The van der Waals surface area contributed by atoms with Crippen LogP contribution in [-0.2, 0) is 22.7 Å². The lowest BCUT2D eigenvalue weighted by molar-refractivity contribution is -0.138. The van der Waals surface area contributed by atoms with Gasteiger partial charge in [0.15, 0.2) is 0 Å². The van der Waals surface area contributed by atoms with Crippen LogP contribution >= 0.6 is 0 Å². The van der Waals surface area contributed by atoms with Gasteiger partial charge in [-0.05, 0) is 47.0 Å². The second kappa shape index (κ2) is 9.90. The number of carbonyl (C=O) groups excluding carboxylic acids is 2. The number of esters is 1. The Hall–Kier alpha value is -3.86. The first-order valence-electron chi connectivity index (χ1n) is 9.10. The van der Waals surface area contributed by atoms with Gasteiger partial charge in [-0.3, -0.25) is 4.79 Å². The molecule has 5 nitrogen and oxygen atoms in total. The second-order valence-corrected chi connectivity index (χ2v) is 6.35. The average molecular weight is 387 g/mol. The number of primary amides is 1. The number of benzene rings is 3. The van der Waals surface area contributed by atoms with Crippen molar-refractivity contribution in [1.82, 2.24) is 0 Å². The fourth-order valence-corrected chi connectivity index (χ4v) is 2.55. The number of amides is 1. The highest BCUT2D eigenvalue weighted by Gasteiger charge is 2.02. The maximum atomic E-state index is 11.9. The molecule has 0 atom stereocenters. The third kappa shape index (κ3) is 6.36. The number of hydrogen-bond donors (Lipinski definition) is 1. The van der Waals surface area contributed by atoms with Gasteiger partial charge in [0.25, 0.3) is 0 Å². The van der Waals surface area contributed by atoms with Gasteiger partial charge in [-0.15, -0.1) is 0 Å². The van der Waals surface area contributed by atoms with Crippen molar-refractivity contribution in [2.45, 2.75) is 13.2 Å². The normalized spacial score (nSPS) is 10.6. The van der Waals surface area contributed by atoms with Crippen LogP contribution in [0.25, 0.3) is 6.08 Å². The fraction of sp³-hybridized carbons (Fsp3) is 0.0833. The molecule has 0 radical (unpaired) electrons. The minimum Gasteiger partial charge on any atom is -0.489 e. The van der Waals surface area contributed by atoms with E-state index < -0.39 is 11.9 Å². The Morgan fingerprint density at radius 3 is 2.10 bits per heavy atom. The van der Waals surface area contributed by atoms with Crippen molar-refractivity contribution < 1.29 is 19.1 Å². The highest BCUT2D eigenvalue weighted by Crippen LogP contribution is 2.15. The van der Waals surface area contributed by atoms with Gasteiger partial charge in [0.2, 0.25) is 5.91 Å². The lowest BCUT2D eigenvalue weighted by Gasteiger charge is -2.06. The molecule has 5 heteroatoms. The first-order chi connectivity index (χ1) is 14.1. The molecule has 3 aromatic carbocycles. The van der Waals surface area contributed by atoms with Gasteiger partial charge in [0.05, 0.1) is 0 Å². The van der Waals surface area contributed by atoms with E-state index in [1.54, 1.807) is 30.3 Å². The first kappa shape index (κ1) is 19.9. The van der Waals surface area contributed by atoms with Crippen molar-refractivity contribution in [1.29, 1.82) is 0 Å². The highest BCUT2D eigenvalue weighted by atomic mass is 16.5. The van der Waals surface area contributed by atoms with Crippen LogP contribution < -0.4 is 10.5 Å². The molecule has 3 rings (SSSR count). The van der Waals surface area contributed by atoms with E-state index in [2.05, 4.69) is 0 Å². The van der Waals surface area contributed by atoms with Crippen molar-refractivity contribution in [3.05, 3.63) is 107 Å². The first-order valence-corrected chi connectivity index (χ1v) is 9.10. The van der Waals surface area contributed by atoms with Crippen molar-refractivity contribution in [3.63, 3.8) is 0 Å². The standard InChI is InChI=1S/C24H21NO4/c25-24(27)21-11-6-20(7-12-21)17-29-23(26)15-10-18-8-13-22(14-9-18)28-16-19-4-2-1-3-5-19/h1-15H,16-17H2,(H2,25,27)/b15-10+. The number of nitrogens with two attached hydrogens (primary N) is 1. The van der Waals surface area contributed by atoms with Crippen molar-refractivity contribution >= 4 is 18.0 Å². The molecule has 146 valence electrons. The lowest BCUT2D eigenvalue weighted by Crippen LogP contribution is -2.10. The predicted octanol–water partition coefficient (Wildman–Crippen LogP) is 4.12. The molecular weight excluding hydrogens is 366 g/mol. The molecule has 0 heterocycles. The van der Waals surface area contributed by atoms with E-state index >= 15 is 0 Å². The van der Waals surface area contributed by atoms with Gasteiger partial charge in [-0.2, -0.15) is 0 Å². The Balaban J connectivity index is 1.46. The second-order valence-electron chi connectivity index (χ2n) is 6.35. The molecule has 0 unspecified atom stereocenters. The minimum atomic E-state index is -0.493. The Bertz CT molecular complexity index is 978. The Kier molecular flexibility index (Phi) is 6.79. The van der Waals surface area contributed by atoms with E-state index in [0.29, 0.717) is 12.2 Å². The Morgan fingerprint density at radius 2 is 1.45 bits per heavy atom. The molecule has 29 heavy (non-hydrogen) atoms. The summed E-state index contributed by atoms with van der Waals surface area (Å²) in [6, 6.07) is 24.0. The molecule has 0 saturated carbocycles. The van der Waals surface area contributed by atoms with Gasteiger partial charge < -0.3 is 15.2 Å². The average Bonchev–Trinajstić information content (AvgIpc) is 2.76. The number of hydrogen-bond acceptors (Lipinski definition) is 4. The van der Waals surface area contributed by atoms with Gasteiger partial charge in [-0.25, -0.2) is 4.79 Å². The summed E-state index contributed by atoms with van der Waals surface area (Å²) < 4.78 is 10.9. The van der Waals surface area contributed by atoms with Crippen LogP contribution in [0.2, 0.25) is 0 Å². The third-order valence-electron chi connectivity index (χ3n) is 4.16. The van der Waals surface area contributed by atoms with E-state index in [1.807, 2.05) is 54.6 Å². The van der Waals surface area contributed by atoms with Gasteiger partial charge in [0.1, 0.15) is 19.0 Å². The third-order valence-corrected chi connectivity index (χ3v) is 4.16. The molecule has 0 spiro atoms. The van der Waals surface area contributed by atoms with Crippen LogP contribution in [-0.4, -0.2) is 11.9 Å². The largest absolute Gasteiger partial charge is 0.489 e. The molecule has 0 saturated heterocycles. The van der Waals surface area contributed by atoms with Crippen LogP contribution in [0.5, 0.6) is 5.75 Å². The SMILES string of the molecule is NC(=O)c1ccc(COC(=O)/C=C/c2ccc(OCc3ccccc3)cc2)cc1. The predicted molar refractivity (Wildman–Crippen MR) is 111 cm³/mol. The monoisotopic (exact) mass is 387 g/mol. The zero-order valence-corrected chi connectivity index (χ0v) is 15.8. The summed E-state index contributed by atoms with van der Waals surface area (Å²) in [6.45, 7) is 0.622. The lowest BCUT2D eigenvalue weighted by atomic mass is 10.1. The van der Waals surface area contributed by atoms with Gasteiger partial charge in [-0.1, -0.05) is 54.6 Å². The molecule has 1 amide bonds. The molecule has 0 bridgehead atoms. The molecule has 0 aromatic heterocycles. The molecule has 0 fully saturated rings. The zero-order valence-electron chi connectivity index (χ0n) is 15.8. The van der Waals surface area contributed by atoms with Crippen LogP contribution in [0.15, 0.2) is 84.9 Å².